The van der Waals surface area contributed by atoms with Crippen LogP contribution >= 0.6 is 0 Å². The van der Waals surface area contributed by atoms with Gasteiger partial charge in [-0.05, 0) is 59.5 Å². The number of urea groups is 1. The number of para-hydroxylation sites is 1. The Balaban J connectivity index is 1.30. The Kier molecular flexibility index (Phi) is 13.5. The van der Waals surface area contributed by atoms with Gasteiger partial charge in [-0.2, -0.15) is 0 Å². The first-order valence-electron chi connectivity index (χ1n) is 17.8. The van der Waals surface area contributed by atoms with Crippen LogP contribution in [-0.2, 0) is 17.8 Å². The van der Waals surface area contributed by atoms with E-state index in [1.54, 1.807) is 36.3 Å². The highest BCUT2D eigenvalue weighted by atomic mass is 16.2. The minimum atomic E-state index is -0.675. The molecule has 0 aliphatic carbocycles. The molecule has 0 saturated carbocycles. The third-order valence-electron chi connectivity index (χ3n) is 8.85. The van der Waals surface area contributed by atoms with Crippen molar-refractivity contribution in [2.24, 2.45) is 0 Å². The van der Waals surface area contributed by atoms with Gasteiger partial charge in [0.1, 0.15) is 6.04 Å². The predicted octanol–water partition coefficient (Wildman–Crippen LogP) is 8.44. The van der Waals surface area contributed by atoms with Gasteiger partial charge in [0.2, 0.25) is 5.91 Å². The second-order valence-electron chi connectivity index (χ2n) is 12.6. The lowest BCUT2D eigenvalue weighted by Gasteiger charge is -2.22. The van der Waals surface area contributed by atoms with Gasteiger partial charge < -0.3 is 16.0 Å². The Morgan fingerprint density at radius 1 is 0.725 bits per heavy atom. The lowest BCUT2D eigenvalue weighted by molar-refractivity contribution is -0.122. The van der Waals surface area contributed by atoms with Gasteiger partial charge in [0.05, 0.1) is 12.2 Å². The SMILES string of the molecule is CCCCCCCNC(=O)N(C)c1cccc(-c2ccc(CC(Nc3ccccc3C(=O)c3ccccc3)C(=O)NCc3ccccn3)cc2)c1. The summed E-state index contributed by atoms with van der Waals surface area (Å²) in [5.74, 6) is -0.329. The quantitative estimate of drug-likeness (QED) is 0.0675. The second-order valence-corrected chi connectivity index (χ2v) is 12.6. The fourth-order valence-corrected chi connectivity index (χ4v) is 5.88. The Morgan fingerprint density at radius 2 is 1.47 bits per heavy atom. The topological polar surface area (TPSA) is 103 Å². The number of carbonyl (C=O) groups is 3. The largest absolute Gasteiger partial charge is 0.373 e. The summed E-state index contributed by atoms with van der Waals surface area (Å²) in [6, 6.07) is 37.2. The molecule has 1 atom stereocenters. The lowest BCUT2D eigenvalue weighted by Crippen LogP contribution is -2.41. The van der Waals surface area contributed by atoms with Crippen molar-refractivity contribution in [2.45, 2.75) is 58.0 Å². The minimum absolute atomic E-state index is 0.120. The van der Waals surface area contributed by atoms with E-state index in [0.717, 1.165) is 40.9 Å². The normalized spacial score (nSPS) is 11.3. The number of aromatic nitrogens is 1. The molecule has 3 N–H and O–H groups in total. The predicted molar refractivity (Wildman–Crippen MR) is 206 cm³/mol. The van der Waals surface area contributed by atoms with E-state index in [2.05, 4.69) is 27.9 Å². The molecule has 0 aliphatic rings. The van der Waals surface area contributed by atoms with Crippen molar-refractivity contribution in [1.29, 1.82) is 0 Å². The zero-order chi connectivity index (χ0) is 35.8. The highest BCUT2D eigenvalue weighted by Gasteiger charge is 2.22. The van der Waals surface area contributed by atoms with E-state index in [0.29, 0.717) is 29.8 Å². The number of nitrogens with one attached hydrogen (secondary N) is 3. The highest BCUT2D eigenvalue weighted by Crippen LogP contribution is 2.26. The van der Waals surface area contributed by atoms with Crippen LogP contribution < -0.4 is 20.9 Å². The van der Waals surface area contributed by atoms with E-state index in [9.17, 15) is 14.4 Å². The molecule has 5 rings (SSSR count). The van der Waals surface area contributed by atoms with E-state index in [4.69, 9.17) is 0 Å². The number of hydrogen-bond donors (Lipinski definition) is 3. The van der Waals surface area contributed by atoms with Gasteiger partial charge in [-0.25, -0.2) is 4.79 Å². The van der Waals surface area contributed by atoms with Crippen molar-refractivity contribution in [3.8, 4) is 11.1 Å². The minimum Gasteiger partial charge on any atom is -0.373 e. The molecule has 1 aromatic heterocycles. The smallest absolute Gasteiger partial charge is 0.321 e. The van der Waals surface area contributed by atoms with Crippen molar-refractivity contribution >= 4 is 29.1 Å². The van der Waals surface area contributed by atoms with Gasteiger partial charge in [0, 0.05) is 48.7 Å². The monoisotopic (exact) mass is 681 g/mol. The van der Waals surface area contributed by atoms with Gasteiger partial charge in [-0.1, -0.05) is 118 Å². The van der Waals surface area contributed by atoms with Crippen molar-refractivity contribution in [2.75, 3.05) is 23.8 Å². The first-order chi connectivity index (χ1) is 24.9. The molecule has 0 spiro atoms. The summed E-state index contributed by atoms with van der Waals surface area (Å²) in [6.45, 7) is 3.14. The molecule has 1 unspecified atom stereocenters. The zero-order valence-electron chi connectivity index (χ0n) is 29.5. The molecule has 0 bridgehead atoms. The van der Waals surface area contributed by atoms with Crippen LogP contribution in [0.4, 0.5) is 16.2 Å². The number of nitrogens with zero attached hydrogens (tertiary/aromatic N) is 2. The Bertz CT molecular complexity index is 1860. The van der Waals surface area contributed by atoms with Crippen LogP contribution in [0.2, 0.25) is 0 Å². The zero-order valence-corrected chi connectivity index (χ0v) is 29.5. The van der Waals surface area contributed by atoms with Gasteiger partial charge in [0.25, 0.3) is 0 Å². The van der Waals surface area contributed by atoms with Crippen molar-refractivity contribution < 1.29 is 14.4 Å². The molecule has 51 heavy (non-hydrogen) atoms. The van der Waals surface area contributed by atoms with Crippen LogP contribution in [0.1, 0.15) is 66.2 Å². The standard InChI is InChI=1S/C43H47N5O3/c1-3-4-5-6-13-28-45-43(51)48(2)37-20-15-18-35(30-37)33-25-23-32(24-26-33)29-40(42(50)46-31-36-19-12-14-27-44-36)47-39-22-11-10-21-38(39)41(49)34-16-8-7-9-17-34/h7-12,14-27,30,40,47H,3-6,13,28-29,31H2,1-2H3,(H,45,51)(H,46,50). The summed E-state index contributed by atoms with van der Waals surface area (Å²) in [5, 5.41) is 9.44. The number of carbonyl (C=O) groups excluding carboxylic acids is 3. The van der Waals surface area contributed by atoms with Crippen molar-refractivity contribution in [1.82, 2.24) is 15.6 Å². The van der Waals surface area contributed by atoms with Crippen LogP contribution in [0.15, 0.2) is 128 Å². The van der Waals surface area contributed by atoms with Gasteiger partial charge in [-0.15, -0.1) is 0 Å². The van der Waals surface area contributed by atoms with Crippen LogP contribution in [0, 0.1) is 0 Å². The van der Waals surface area contributed by atoms with Crippen molar-refractivity contribution in [3.63, 3.8) is 0 Å². The molecule has 0 aliphatic heterocycles. The summed E-state index contributed by atoms with van der Waals surface area (Å²) >= 11 is 0. The number of anilines is 2. The number of amides is 3. The van der Waals surface area contributed by atoms with E-state index in [-0.39, 0.29) is 24.3 Å². The van der Waals surface area contributed by atoms with E-state index >= 15 is 0 Å². The average molecular weight is 682 g/mol. The number of unbranched alkanes of at least 4 members (excludes halogenated alkanes) is 4. The maximum absolute atomic E-state index is 13.7. The number of rotatable bonds is 17. The number of pyridine rings is 1. The van der Waals surface area contributed by atoms with Gasteiger partial charge in [0.15, 0.2) is 5.78 Å². The summed E-state index contributed by atoms with van der Waals surface area (Å²) < 4.78 is 0. The van der Waals surface area contributed by atoms with E-state index in [1.807, 2.05) is 103 Å². The highest BCUT2D eigenvalue weighted by molar-refractivity contribution is 6.12. The van der Waals surface area contributed by atoms with E-state index in [1.165, 1.54) is 19.3 Å². The summed E-state index contributed by atoms with van der Waals surface area (Å²) in [5.41, 5.74) is 6.13. The molecule has 1 heterocycles. The molecule has 0 radical (unpaired) electrons. The Hall–Kier alpha value is -5.76. The third-order valence-corrected chi connectivity index (χ3v) is 8.85. The molecule has 8 heteroatoms. The molecule has 4 aromatic carbocycles. The van der Waals surface area contributed by atoms with Gasteiger partial charge in [-0.3, -0.25) is 19.5 Å². The maximum Gasteiger partial charge on any atom is 0.321 e. The lowest BCUT2D eigenvalue weighted by atomic mass is 9.98. The maximum atomic E-state index is 13.7. The van der Waals surface area contributed by atoms with Crippen LogP contribution in [0.3, 0.4) is 0 Å². The molecule has 8 nitrogen and oxygen atoms in total. The fraction of sp³-hybridized carbons (Fsp3) is 0.256. The first kappa shape index (κ1) is 36.5. The molecule has 5 aromatic rings. The molecular formula is C43H47N5O3. The molecule has 0 fully saturated rings. The molecule has 262 valence electrons. The summed E-state index contributed by atoms with van der Waals surface area (Å²) in [7, 11) is 1.78. The fourth-order valence-electron chi connectivity index (χ4n) is 5.88. The average Bonchev–Trinajstić information content (AvgIpc) is 3.18. The van der Waals surface area contributed by atoms with Crippen LogP contribution in [-0.4, -0.2) is 42.3 Å². The van der Waals surface area contributed by atoms with E-state index < -0.39 is 6.04 Å². The Labute approximate surface area is 301 Å². The van der Waals surface area contributed by atoms with Crippen LogP contribution in [0.25, 0.3) is 11.1 Å². The molecule has 0 saturated heterocycles. The summed E-state index contributed by atoms with van der Waals surface area (Å²) in [6.07, 6.45) is 7.80. The molecular weight excluding hydrogens is 635 g/mol. The number of benzene rings is 4. The molecule has 3 amide bonds. The van der Waals surface area contributed by atoms with Crippen molar-refractivity contribution in [3.05, 3.63) is 150 Å². The number of ketones is 1. The third kappa shape index (κ3) is 10.6. The van der Waals surface area contributed by atoms with Crippen LogP contribution in [0.5, 0.6) is 0 Å². The van der Waals surface area contributed by atoms with Gasteiger partial charge >= 0.3 is 6.03 Å². The first-order valence-corrected chi connectivity index (χ1v) is 17.8. The number of hydrogen-bond acceptors (Lipinski definition) is 5. The Morgan fingerprint density at radius 3 is 2.24 bits per heavy atom. The second kappa shape index (κ2) is 18.9. The summed E-state index contributed by atoms with van der Waals surface area (Å²) in [4.78, 5) is 46.0.